The summed E-state index contributed by atoms with van der Waals surface area (Å²) in [6.45, 7) is 1.53. The molecule has 0 spiro atoms. The molecule has 8 nitrogen and oxygen atoms in total. The number of sulfonamides is 1. The van der Waals surface area contributed by atoms with Gasteiger partial charge in [0.15, 0.2) is 0 Å². The fourth-order valence-electron chi connectivity index (χ4n) is 2.75. The van der Waals surface area contributed by atoms with E-state index in [0.717, 1.165) is 0 Å². The number of carbonyl (C=O) groups excluding carboxylic acids is 2. The summed E-state index contributed by atoms with van der Waals surface area (Å²) < 4.78 is 56.6. The molecular weight excluding hydrogens is 420 g/mol. The molecule has 0 aliphatic carbocycles. The lowest BCUT2D eigenvalue weighted by Gasteiger charge is -2.25. The third kappa shape index (κ3) is 8.07. The maximum atomic E-state index is 12.3. The number of nitrogens with one attached hydrogen (secondary N) is 2. The highest BCUT2D eigenvalue weighted by molar-refractivity contribution is 7.89. The third-order valence-electron chi connectivity index (χ3n) is 4.28. The molecule has 1 aromatic carbocycles. The molecule has 0 aromatic heterocycles. The molecule has 1 fully saturated rings. The minimum atomic E-state index is -3.59. The molecule has 1 heterocycles. The Morgan fingerprint density at radius 3 is 2.77 bits per heavy atom. The predicted octanol–water partition coefficient (Wildman–Crippen LogP) is 2.20. The number of allylic oxidation sites excluding steroid dienone is 1. The van der Waals surface area contributed by atoms with Crippen LogP contribution < -0.4 is 14.8 Å². The van der Waals surface area contributed by atoms with E-state index in [0.29, 0.717) is 12.1 Å². The normalized spacial score (nSPS) is 16.2. The molecule has 1 aliphatic rings. The molecular formula is C19H25F2N3O5S. The largest absolute Gasteiger partial charge is 0.488 e. The number of halogens is 2. The zero-order valence-corrected chi connectivity index (χ0v) is 17.3. The van der Waals surface area contributed by atoms with Crippen LogP contribution in [0.5, 0.6) is 5.75 Å². The molecule has 30 heavy (non-hydrogen) atoms. The maximum absolute atomic E-state index is 12.3. The molecule has 1 atom stereocenters. The van der Waals surface area contributed by atoms with Crippen LogP contribution in [0.25, 0.3) is 0 Å². The van der Waals surface area contributed by atoms with Crippen molar-refractivity contribution in [3.05, 3.63) is 42.0 Å². The van der Waals surface area contributed by atoms with E-state index in [1.165, 1.54) is 17.0 Å². The lowest BCUT2D eigenvalue weighted by atomic mass is 10.1. The Labute approximate surface area is 174 Å². The van der Waals surface area contributed by atoms with Crippen molar-refractivity contribution < 1.29 is 31.5 Å². The number of ether oxygens (including phenoxy) is 1. The Bertz CT molecular complexity index is 877. The quantitative estimate of drug-likeness (QED) is 0.508. The van der Waals surface area contributed by atoms with Crippen LogP contribution in [0.15, 0.2) is 36.4 Å². The van der Waals surface area contributed by atoms with Gasteiger partial charge in [0.2, 0.25) is 15.9 Å². The number of rotatable bonds is 11. The van der Waals surface area contributed by atoms with Gasteiger partial charge in [0.05, 0.1) is 5.75 Å². The summed E-state index contributed by atoms with van der Waals surface area (Å²) in [5, 5.41) is 2.21. The fourth-order valence-corrected chi connectivity index (χ4v) is 3.98. The number of hydrogen-bond acceptors (Lipinski definition) is 5. The van der Waals surface area contributed by atoms with Gasteiger partial charge in [0, 0.05) is 25.6 Å². The molecule has 0 bridgehead atoms. The molecule has 2 rings (SSSR count). The second kappa shape index (κ2) is 11.0. The number of hydrogen-bond donors (Lipinski definition) is 2. The molecule has 0 unspecified atom stereocenters. The van der Waals surface area contributed by atoms with E-state index in [-0.39, 0.29) is 36.8 Å². The minimum Gasteiger partial charge on any atom is -0.488 e. The molecule has 11 heteroatoms. The highest BCUT2D eigenvalue weighted by Crippen LogP contribution is 2.20. The van der Waals surface area contributed by atoms with Gasteiger partial charge in [-0.3, -0.25) is 10.1 Å². The number of carbonyl (C=O) groups is 2. The van der Waals surface area contributed by atoms with Crippen LogP contribution in [-0.4, -0.2) is 57.1 Å². The van der Waals surface area contributed by atoms with Gasteiger partial charge in [0.1, 0.15) is 12.4 Å². The van der Waals surface area contributed by atoms with E-state index < -0.39 is 35.1 Å². The van der Waals surface area contributed by atoms with Gasteiger partial charge >= 0.3 is 6.03 Å². The van der Waals surface area contributed by atoms with Crippen LogP contribution in [-0.2, 0) is 14.8 Å². The van der Waals surface area contributed by atoms with Gasteiger partial charge in [-0.2, -0.15) is 0 Å². The standard InChI is InChI=1S/C19H25F2N3O5S/c1-14(15-6-5-7-16(12-15)29-13-17(20)21)23-30(27,28)11-4-2-3-9-24-10-8-18(25)22-19(24)26/h2-3,5-7,12,14,17,23H,4,8-11,13H2,1H3,(H,22,25,26)/b3-2+/t14-/m1/s1. The van der Waals surface area contributed by atoms with Gasteiger partial charge in [-0.15, -0.1) is 0 Å². The molecule has 1 saturated heterocycles. The summed E-state index contributed by atoms with van der Waals surface area (Å²) >= 11 is 0. The number of urea groups is 1. The molecule has 0 radical (unpaired) electrons. The first kappa shape index (κ1) is 23.7. The van der Waals surface area contributed by atoms with Crippen molar-refractivity contribution in [1.29, 1.82) is 0 Å². The predicted molar refractivity (Wildman–Crippen MR) is 107 cm³/mol. The van der Waals surface area contributed by atoms with Crippen molar-refractivity contribution in [2.24, 2.45) is 0 Å². The monoisotopic (exact) mass is 445 g/mol. The summed E-state index contributed by atoms with van der Waals surface area (Å²) in [6, 6.07) is 5.30. The maximum Gasteiger partial charge on any atom is 0.324 e. The number of alkyl halides is 2. The Balaban J connectivity index is 1.79. The first-order valence-electron chi connectivity index (χ1n) is 9.41. The van der Waals surface area contributed by atoms with E-state index in [2.05, 4.69) is 10.0 Å². The zero-order valence-electron chi connectivity index (χ0n) is 16.5. The van der Waals surface area contributed by atoms with Crippen LogP contribution in [0.2, 0.25) is 0 Å². The topological polar surface area (TPSA) is 105 Å². The molecule has 2 N–H and O–H groups in total. The highest BCUT2D eigenvalue weighted by Gasteiger charge is 2.21. The molecule has 166 valence electrons. The van der Waals surface area contributed by atoms with Crippen molar-refractivity contribution in [2.45, 2.75) is 32.2 Å². The van der Waals surface area contributed by atoms with Crippen LogP contribution in [0.1, 0.15) is 31.4 Å². The summed E-state index contributed by atoms with van der Waals surface area (Å²) in [5.41, 5.74) is 0.589. The van der Waals surface area contributed by atoms with Gasteiger partial charge in [-0.1, -0.05) is 24.3 Å². The van der Waals surface area contributed by atoms with Gasteiger partial charge in [-0.05, 0) is 31.0 Å². The van der Waals surface area contributed by atoms with Crippen molar-refractivity contribution >= 4 is 22.0 Å². The van der Waals surface area contributed by atoms with Crippen LogP contribution in [0.3, 0.4) is 0 Å². The summed E-state index contributed by atoms with van der Waals surface area (Å²) in [7, 11) is -3.59. The third-order valence-corrected chi connectivity index (χ3v) is 5.76. The van der Waals surface area contributed by atoms with Crippen molar-refractivity contribution in [3.8, 4) is 5.75 Å². The van der Waals surface area contributed by atoms with Gasteiger partial charge < -0.3 is 9.64 Å². The second-order valence-corrected chi connectivity index (χ2v) is 8.62. The Morgan fingerprint density at radius 1 is 1.30 bits per heavy atom. The van der Waals surface area contributed by atoms with E-state index in [4.69, 9.17) is 4.74 Å². The smallest absolute Gasteiger partial charge is 0.324 e. The van der Waals surface area contributed by atoms with Crippen LogP contribution >= 0.6 is 0 Å². The number of amides is 3. The minimum absolute atomic E-state index is 0.153. The molecule has 1 aromatic rings. The number of imide groups is 1. The van der Waals surface area contributed by atoms with Gasteiger partial charge in [-0.25, -0.2) is 26.7 Å². The second-order valence-electron chi connectivity index (χ2n) is 6.74. The Morgan fingerprint density at radius 2 is 2.07 bits per heavy atom. The molecule has 1 aliphatic heterocycles. The zero-order chi connectivity index (χ0) is 22.1. The molecule has 3 amide bonds. The summed E-state index contributed by atoms with van der Waals surface area (Å²) in [6.07, 6.45) is 1.23. The van der Waals surface area contributed by atoms with Crippen LogP contribution in [0, 0.1) is 0 Å². The van der Waals surface area contributed by atoms with E-state index in [1.807, 2.05) is 0 Å². The Hall–Kier alpha value is -2.53. The van der Waals surface area contributed by atoms with E-state index >= 15 is 0 Å². The van der Waals surface area contributed by atoms with Gasteiger partial charge in [0.25, 0.3) is 6.43 Å². The van der Waals surface area contributed by atoms with E-state index in [1.54, 1.807) is 31.2 Å². The van der Waals surface area contributed by atoms with Crippen molar-refractivity contribution in [3.63, 3.8) is 0 Å². The molecule has 0 saturated carbocycles. The number of nitrogens with zero attached hydrogens (tertiary/aromatic N) is 1. The number of benzene rings is 1. The van der Waals surface area contributed by atoms with E-state index in [9.17, 15) is 26.8 Å². The highest BCUT2D eigenvalue weighted by atomic mass is 32.2. The SMILES string of the molecule is C[C@@H](NS(=O)(=O)CC/C=C/CN1CCC(=O)NC1=O)c1cccc(OCC(F)F)c1. The average molecular weight is 445 g/mol. The lowest BCUT2D eigenvalue weighted by molar-refractivity contribution is -0.121. The lowest BCUT2D eigenvalue weighted by Crippen LogP contribution is -2.49. The first-order valence-corrected chi connectivity index (χ1v) is 11.1. The summed E-state index contributed by atoms with van der Waals surface area (Å²) in [4.78, 5) is 24.1. The summed E-state index contributed by atoms with van der Waals surface area (Å²) in [5.74, 6) is -0.219. The van der Waals surface area contributed by atoms with Crippen molar-refractivity contribution in [1.82, 2.24) is 14.9 Å². The Kier molecular flexibility index (Phi) is 8.72. The average Bonchev–Trinajstić information content (AvgIpc) is 2.67. The van der Waals surface area contributed by atoms with Crippen LogP contribution in [0.4, 0.5) is 13.6 Å². The fraction of sp³-hybridized carbons (Fsp3) is 0.474. The first-order chi connectivity index (χ1) is 14.2. The van der Waals surface area contributed by atoms with Crippen molar-refractivity contribution in [2.75, 3.05) is 25.4 Å².